The minimum absolute atomic E-state index is 0.0876. The number of nitrogens with zero attached hydrogens (tertiary/aromatic N) is 1. The molecule has 1 amide bonds. The average molecular weight is 245 g/mol. The Morgan fingerprint density at radius 3 is 2.47 bits per heavy atom. The van der Waals surface area contributed by atoms with Crippen molar-refractivity contribution < 1.29 is 19.7 Å². The summed E-state index contributed by atoms with van der Waals surface area (Å²) in [5.74, 6) is 0.172. The van der Waals surface area contributed by atoms with Crippen LogP contribution in [0.5, 0.6) is 0 Å². The molecule has 0 spiro atoms. The Balaban J connectivity index is 2.60. The van der Waals surface area contributed by atoms with Crippen molar-refractivity contribution in [3.63, 3.8) is 0 Å². The van der Waals surface area contributed by atoms with Gasteiger partial charge in [-0.3, -0.25) is 0 Å². The highest BCUT2D eigenvalue weighted by atomic mass is 16.6. The molecule has 1 aliphatic rings. The Morgan fingerprint density at radius 1 is 1.35 bits per heavy atom. The van der Waals surface area contributed by atoms with E-state index in [4.69, 9.17) is 9.84 Å². The molecule has 17 heavy (non-hydrogen) atoms. The minimum Gasteiger partial charge on any atom is -0.444 e. The van der Waals surface area contributed by atoms with E-state index in [1.54, 1.807) is 4.90 Å². The zero-order valence-corrected chi connectivity index (χ0v) is 10.8. The number of rotatable bonds is 2. The molecule has 2 unspecified atom stereocenters. The van der Waals surface area contributed by atoms with Crippen molar-refractivity contribution in [1.29, 1.82) is 0 Å². The Kier molecular flexibility index (Phi) is 4.77. The SMILES string of the molecule is CC(C)(C)OC(=O)N1CCC(CO)CC1CO. The van der Waals surface area contributed by atoms with Crippen LogP contribution in [0.1, 0.15) is 33.6 Å². The van der Waals surface area contributed by atoms with E-state index in [0.717, 1.165) is 6.42 Å². The summed E-state index contributed by atoms with van der Waals surface area (Å²) < 4.78 is 5.29. The number of carbonyl (C=O) groups excluding carboxylic acids is 1. The molecule has 2 atom stereocenters. The number of aliphatic hydroxyl groups excluding tert-OH is 2. The second-order valence-corrected chi connectivity index (χ2v) is 5.58. The molecule has 1 rings (SSSR count). The number of hydrogen-bond acceptors (Lipinski definition) is 4. The molecule has 1 fully saturated rings. The van der Waals surface area contributed by atoms with Gasteiger partial charge in [-0.2, -0.15) is 0 Å². The highest BCUT2D eigenvalue weighted by molar-refractivity contribution is 5.68. The van der Waals surface area contributed by atoms with Crippen LogP contribution in [0.25, 0.3) is 0 Å². The molecule has 1 saturated heterocycles. The van der Waals surface area contributed by atoms with Gasteiger partial charge in [0.1, 0.15) is 5.60 Å². The molecule has 0 bridgehead atoms. The molecule has 100 valence electrons. The average Bonchev–Trinajstić information content (AvgIpc) is 2.25. The van der Waals surface area contributed by atoms with E-state index < -0.39 is 5.60 Å². The van der Waals surface area contributed by atoms with Crippen LogP contribution in [0, 0.1) is 5.92 Å². The third kappa shape index (κ3) is 4.16. The minimum atomic E-state index is -0.523. The molecule has 1 heterocycles. The van der Waals surface area contributed by atoms with Crippen LogP contribution in [0.3, 0.4) is 0 Å². The summed E-state index contributed by atoms with van der Waals surface area (Å²) in [7, 11) is 0. The lowest BCUT2D eigenvalue weighted by atomic mass is 9.92. The fourth-order valence-electron chi connectivity index (χ4n) is 2.03. The number of aliphatic hydroxyl groups is 2. The van der Waals surface area contributed by atoms with Gasteiger partial charge in [-0.15, -0.1) is 0 Å². The summed E-state index contributed by atoms with van der Waals surface area (Å²) >= 11 is 0. The fraction of sp³-hybridized carbons (Fsp3) is 0.917. The summed E-state index contributed by atoms with van der Waals surface area (Å²) in [6, 6.07) is -0.240. The Labute approximate surface area is 102 Å². The van der Waals surface area contributed by atoms with Crippen LogP contribution in [-0.2, 0) is 4.74 Å². The number of ether oxygens (including phenoxy) is 1. The van der Waals surface area contributed by atoms with Gasteiger partial charge >= 0.3 is 6.09 Å². The van der Waals surface area contributed by atoms with E-state index in [1.807, 2.05) is 20.8 Å². The molecule has 0 aromatic rings. The van der Waals surface area contributed by atoms with Crippen molar-refractivity contribution in [2.24, 2.45) is 5.92 Å². The lowest BCUT2D eigenvalue weighted by Gasteiger charge is -2.38. The van der Waals surface area contributed by atoms with E-state index in [9.17, 15) is 9.90 Å². The van der Waals surface area contributed by atoms with Crippen LogP contribution >= 0.6 is 0 Å². The van der Waals surface area contributed by atoms with Gasteiger partial charge in [0.25, 0.3) is 0 Å². The second-order valence-electron chi connectivity index (χ2n) is 5.58. The highest BCUT2D eigenvalue weighted by Gasteiger charge is 2.33. The Bertz CT molecular complexity index is 262. The van der Waals surface area contributed by atoms with Crippen LogP contribution in [0.2, 0.25) is 0 Å². The maximum absolute atomic E-state index is 11.9. The van der Waals surface area contributed by atoms with Crippen molar-refractivity contribution in [2.45, 2.75) is 45.3 Å². The van der Waals surface area contributed by atoms with E-state index in [1.165, 1.54) is 0 Å². The zero-order chi connectivity index (χ0) is 13.1. The Morgan fingerprint density at radius 2 is 2.00 bits per heavy atom. The lowest BCUT2D eigenvalue weighted by Crippen LogP contribution is -2.50. The van der Waals surface area contributed by atoms with Crippen molar-refractivity contribution in [3.05, 3.63) is 0 Å². The van der Waals surface area contributed by atoms with Gasteiger partial charge in [-0.1, -0.05) is 0 Å². The first-order valence-corrected chi connectivity index (χ1v) is 6.08. The Hall–Kier alpha value is -0.810. The third-order valence-corrected chi connectivity index (χ3v) is 2.92. The predicted octanol–water partition coefficient (Wildman–Crippen LogP) is 0.987. The van der Waals surface area contributed by atoms with Crippen LogP contribution in [0.15, 0.2) is 0 Å². The molecule has 0 aromatic carbocycles. The van der Waals surface area contributed by atoms with E-state index in [0.29, 0.717) is 13.0 Å². The van der Waals surface area contributed by atoms with Crippen molar-refractivity contribution in [2.75, 3.05) is 19.8 Å². The summed E-state index contributed by atoms with van der Waals surface area (Å²) in [6.45, 7) is 6.01. The predicted molar refractivity (Wildman–Crippen MR) is 63.6 cm³/mol. The van der Waals surface area contributed by atoms with Crippen molar-refractivity contribution in [3.8, 4) is 0 Å². The van der Waals surface area contributed by atoms with E-state index in [-0.39, 0.29) is 31.3 Å². The number of carbonyl (C=O) groups is 1. The number of amides is 1. The van der Waals surface area contributed by atoms with Gasteiger partial charge in [0, 0.05) is 13.2 Å². The van der Waals surface area contributed by atoms with Gasteiger partial charge in [0.2, 0.25) is 0 Å². The van der Waals surface area contributed by atoms with Crippen LogP contribution in [0.4, 0.5) is 4.79 Å². The number of likely N-dealkylation sites (tertiary alicyclic amines) is 1. The first-order chi connectivity index (χ1) is 7.87. The smallest absolute Gasteiger partial charge is 0.410 e. The van der Waals surface area contributed by atoms with Gasteiger partial charge in [-0.25, -0.2) is 4.79 Å². The molecule has 1 aliphatic heterocycles. The number of hydrogen-bond donors (Lipinski definition) is 2. The molecule has 0 aliphatic carbocycles. The first-order valence-electron chi connectivity index (χ1n) is 6.08. The third-order valence-electron chi connectivity index (χ3n) is 2.92. The maximum Gasteiger partial charge on any atom is 0.410 e. The quantitative estimate of drug-likeness (QED) is 0.761. The van der Waals surface area contributed by atoms with E-state index in [2.05, 4.69) is 0 Å². The van der Waals surface area contributed by atoms with Crippen LogP contribution < -0.4 is 0 Å². The zero-order valence-electron chi connectivity index (χ0n) is 10.8. The van der Waals surface area contributed by atoms with E-state index >= 15 is 0 Å². The van der Waals surface area contributed by atoms with Crippen molar-refractivity contribution >= 4 is 6.09 Å². The second kappa shape index (κ2) is 5.69. The molecule has 0 aromatic heterocycles. The van der Waals surface area contributed by atoms with Gasteiger partial charge in [0.05, 0.1) is 12.6 Å². The summed E-state index contributed by atoms with van der Waals surface area (Å²) in [4.78, 5) is 13.5. The summed E-state index contributed by atoms with van der Waals surface area (Å²) in [5, 5.41) is 18.4. The lowest BCUT2D eigenvalue weighted by molar-refractivity contribution is -0.00889. The maximum atomic E-state index is 11.9. The van der Waals surface area contributed by atoms with Gasteiger partial charge < -0.3 is 19.8 Å². The fourth-order valence-corrected chi connectivity index (χ4v) is 2.03. The largest absolute Gasteiger partial charge is 0.444 e. The summed E-state index contributed by atoms with van der Waals surface area (Å²) in [5.41, 5.74) is -0.523. The highest BCUT2D eigenvalue weighted by Crippen LogP contribution is 2.24. The molecular weight excluding hydrogens is 222 g/mol. The molecule has 5 nitrogen and oxygen atoms in total. The molecule has 2 N–H and O–H groups in total. The van der Waals surface area contributed by atoms with Gasteiger partial charge in [0.15, 0.2) is 0 Å². The number of piperidine rings is 1. The topological polar surface area (TPSA) is 70.0 Å². The standard InChI is InChI=1S/C12H23NO4/c1-12(2,3)17-11(16)13-5-4-9(7-14)6-10(13)8-15/h9-10,14-15H,4-8H2,1-3H3. The monoisotopic (exact) mass is 245 g/mol. The molecule has 0 radical (unpaired) electrons. The molecule has 5 heteroatoms. The molecule has 0 saturated carbocycles. The van der Waals surface area contributed by atoms with Crippen molar-refractivity contribution in [1.82, 2.24) is 4.90 Å². The first kappa shape index (κ1) is 14.3. The normalized spacial score (nSPS) is 25.8. The molecular formula is C12H23NO4. The van der Waals surface area contributed by atoms with Gasteiger partial charge in [-0.05, 0) is 39.5 Å². The van der Waals surface area contributed by atoms with Crippen LogP contribution in [-0.4, -0.2) is 52.6 Å². The summed E-state index contributed by atoms with van der Waals surface area (Å²) in [6.07, 6.45) is 1.01.